The first kappa shape index (κ1) is 15.4. The summed E-state index contributed by atoms with van der Waals surface area (Å²) in [5.74, 6) is 1.38. The van der Waals surface area contributed by atoms with Gasteiger partial charge in [-0.1, -0.05) is 6.07 Å². The molecule has 0 atom stereocenters. The molecule has 0 aliphatic rings. The molecule has 5 aromatic heterocycles. The standard InChI is InChI=1S/C19H16N8/c1-26-19-15(12-22-26)18(24-17(25-19)13-5-7-20-8-6-13)21-10-14-11-23-27-9-3-2-4-16(14)27/h2-9,11-12H,10H2,1H3,(H,21,24,25). The Morgan fingerprint density at radius 1 is 1.00 bits per heavy atom. The van der Waals surface area contributed by atoms with Crippen LogP contribution in [0.15, 0.2) is 61.3 Å². The molecule has 0 aromatic carbocycles. The Bertz CT molecular complexity index is 1240. The highest BCUT2D eigenvalue weighted by Crippen LogP contribution is 2.25. The molecule has 0 aliphatic carbocycles. The van der Waals surface area contributed by atoms with E-state index in [2.05, 4.69) is 25.5 Å². The van der Waals surface area contributed by atoms with Gasteiger partial charge in [-0.05, 0) is 24.3 Å². The van der Waals surface area contributed by atoms with Crippen LogP contribution in [-0.2, 0) is 13.6 Å². The van der Waals surface area contributed by atoms with Crippen molar-refractivity contribution in [3.63, 3.8) is 0 Å². The number of hydrogen-bond donors (Lipinski definition) is 1. The van der Waals surface area contributed by atoms with E-state index in [0.29, 0.717) is 12.4 Å². The van der Waals surface area contributed by atoms with Crippen LogP contribution in [0.3, 0.4) is 0 Å². The third-order valence-corrected chi connectivity index (χ3v) is 4.48. The second-order valence-corrected chi connectivity index (χ2v) is 6.19. The molecule has 5 rings (SSSR count). The quantitative estimate of drug-likeness (QED) is 0.533. The van der Waals surface area contributed by atoms with Crippen molar-refractivity contribution in [2.45, 2.75) is 6.54 Å². The SMILES string of the molecule is Cn1ncc2c(NCc3cnn4ccccc34)nc(-c3ccncc3)nc21. The van der Waals surface area contributed by atoms with Crippen LogP contribution >= 0.6 is 0 Å². The van der Waals surface area contributed by atoms with Crippen molar-refractivity contribution in [3.8, 4) is 11.4 Å². The van der Waals surface area contributed by atoms with E-state index in [1.54, 1.807) is 23.3 Å². The summed E-state index contributed by atoms with van der Waals surface area (Å²) in [6, 6.07) is 9.80. The molecule has 5 aromatic rings. The lowest BCUT2D eigenvalue weighted by molar-refractivity contribution is 0.786. The maximum absolute atomic E-state index is 4.73. The van der Waals surface area contributed by atoms with Crippen molar-refractivity contribution in [1.82, 2.24) is 34.3 Å². The van der Waals surface area contributed by atoms with E-state index in [1.165, 1.54) is 0 Å². The average molecular weight is 356 g/mol. The number of hydrogen-bond acceptors (Lipinski definition) is 6. The monoisotopic (exact) mass is 356 g/mol. The largest absolute Gasteiger partial charge is 0.365 e. The van der Waals surface area contributed by atoms with Gasteiger partial charge in [0.15, 0.2) is 11.5 Å². The van der Waals surface area contributed by atoms with Crippen molar-refractivity contribution in [3.05, 3.63) is 66.9 Å². The fraction of sp³-hybridized carbons (Fsp3) is 0.105. The summed E-state index contributed by atoms with van der Waals surface area (Å²) in [6.07, 6.45) is 9.05. The molecule has 0 saturated heterocycles. The van der Waals surface area contributed by atoms with Crippen LogP contribution < -0.4 is 5.32 Å². The summed E-state index contributed by atoms with van der Waals surface area (Å²) < 4.78 is 3.61. The minimum Gasteiger partial charge on any atom is -0.365 e. The minimum absolute atomic E-state index is 0.601. The van der Waals surface area contributed by atoms with E-state index in [0.717, 1.165) is 33.5 Å². The van der Waals surface area contributed by atoms with Crippen molar-refractivity contribution in [2.24, 2.45) is 7.05 Å². The summed E-state index contributed by atoms with van der Waals surface area (Å²) in [4.78, 5) is 13.5. The van der Waals surface area contributed by atoms with E-state index in [-0.39, 0.29) is 0 Å². The molecule has 8 nitrogen and oxygen atoms in total. The van der Waals surface area contributed by atoms with E-state index >= 15 is 0 Å². The van der Waals surface area contributed by atoms with Crippen LogP contribution in [0.1, 0.15) is 5.56 Å². The molecule has 0 radical (unpaired) electrons. The normalized spacial score (nSPS) is 11.3. The molecule has 0 spiro atoms. The predicted molar refractivity (Wildman–Crippen MR) is 102 cm³/mol. The van der Waals surface area contributed by atoms with E-state index in [4.69, 9.17) is 4.98 Å². The molecular formula is C19H16N8. The predicted octanol–water partition coefficient (Wildman–Crippen LogP) is 2.69. The number of aromatic nitrogens is 7. The average Bonchev–Trinajstić information content (AvgIpc) is 3.31. The summed E-state index contributed by atoms with van der Waals surface area (Å²) in [5, 5.41) is 13.0. The second kappa shape index (κ2) is 6.17. The zero-order valence-electron chi connectivity index (χ0n) is 14.6. The molecule has 5 heterocycles. The third kappa shape index (κ3) is 2.67. The highest BCUT2D eigenvalue weighted by atomic mass is 15.3. The van der Waals surface area contributed by atoms with Crippen molar-refractivity contribution >= 4 is 22.4 Å². The zero-order valence-corrected chi connectivity index (χ0v) is 14.6. The van der Waals surface area contributed by atoms with Crippen molar-refractivity contribution in [1.29, 1.82) is 0 Å². The van der Waals surface area contributed by atoms with Gasteiger partial charge in [-0.15, -0.1) is 0 Å². The number of rotatable bonds is 4. The van der Waals surface area contributed by atoms with E-state index < -0.39 is 0 Å². The number of fused-ring (bicyclic) bond motifs is 2. The Morgan fingerprint density at radius 2 is 1.89 bits per heavy atom. The fourth-order valence-electron chi connectivity index (χ4n) is 3.09. The number of anilines is 1. The van der Waals surface area contributed by atoms with Gasteiger partial charge in [-0.2, -0.15) is 10.2 Å². The highest BCUT2D eigenvalue weighted by Gasteiger charge is 2.13. The lowest BCUT2D eigenvalue weighted by Crippen LogP contribution is -2.04. The van der Waals surface area contributed by atoms with Crippen molar-refractivity contribution < 1.29 is 0 Å². The molecule has 1 N–H and O–H groups in total. The molecule has 27 heavy (non-hydrogen) atoms. The Balaban J connectivity index is 1.56. The molecule has 132 valence electrons. The van der Waals surface area contributed by atoms with Gasteiger partial charge < -0.3 is 5.32 Å². The van der Waals surface area contributed by atoms with Crippen LogP contribution in [-0.4, -0.2) is 34.3 Å². The minimum atomic E-state index is 0.601. The van der Waals surface area contributed by atoms with Crippen LogP contribution in [0.5, 0.6) is 0 Å². The Labute approximate surface area is 154 Å². The first-order chi connectivity index (χ1) is 13.3. The topological polar surface area (TPSA) is 85.8 Å². The van der Waals surface area contributed by atoms with E-state index in [9.17, 15) is 0 Å². The second-order valence-electron chi connectivity index (χ2n) is 6.19. The number of nitrogens with one attached hydrogen (secondary N) is 1. The number of pyridine rings is 2. The van der Waals surface area contributed by atoms with Gasteiger partial charge in [0, 0.05) is 43.3 Å². The lowest BCUT2D eigenvalue weighted by atomic mass is 10.2. The Kier molecular flexibility index (Phi) is 3.53. The third-order valence-electron chi connectivity index (χ3n) is 4.48. The summed E-state index contributed by atoms with van der Waals surface area (Å²) >= 11 is 0. The fourth-order valence-corrected chi connectivity index (χ4v) is 3.09. The maximum atomic E-state index is 4.73. The first-order valence-electron chi connectivity index (χ1n) is 8.55. The van der Waals surface area contributed by atoms with Crippen LogP contribution in [0.4, 0.5) is 5.82 Å². The molecular weight excluding hydrogens is 340 g/mol. The number of aryl methyl sites for hydroxylation is 1. The van der Waals surface area contributed by atoms with Gasteiger partial charge in [-0.3, -0.25) is 9.67 Å². The highest BCUT2D eigenvalue weighted by molar-refractivity contribution is 5.88. The van der Waals surface area contributed by atoms with Gasteiger partial charge >= 0.3 is 0 Å². The summed E-state index contributed by atoms with van der Waals surface area (Å²) in [6.45, 7) is 0.601. The van der Waals surface area contributed by atoms with Gasteiger partial charge in [-0.25, -0.2) is 14.5 Å². The molecule has 0 saturated carbocycles. The van der Waals surface area contributed by atoms with Crippen LogP contribution in [0, 0.1) is 0 Å². The van der Waals surface area contributed by atoms with E-state index in [1.807, 2.05) is 54.3 Å². The van der Waals surface area contributed by atoms with Crippen molar-refractivity contribution in [2.75, 3.05) is 5.32 Å². The molecule has 0 aliphatic heterocycles. The zero-order chi connectivity index (χ0) is 18.2. The number of nitrogens with zero attached hydrogens (tertiary/aromatic N) is 7. The maximum Gasteiger partial charge on any atom is 0.164 e. The molecule has 0 bridgehead atoms. The Hall–Kier alpha value is -3.81. The Morgan fingerprint density at radius 3 is 2.78 bits per heavy atom. The van der Waals surface area contributed by atoms with Gasteiger partial charge in [0.25, 0.3) is 0 Å². The van der Waals surface area contributed by atoms with Crippen LogP contribution in [0.25, 0.3) is 27.9 Å². The summed E-state index contributed by atoms with van der Waals surface area (Å²) in [5.41, 5.74) is 3.85. The smallest absolute Gasteiger partial charge is 0.164 e. The van der Waals surface area contributed by atoms with Gasteiger partial charge in [0.1, 0.15) is 5.82 Å². The van der Waals surface area contributed by atoms with Gasteiger partial charge in [0.05, 0.1) is 23.3 Å². The molecule has 0 unspecified atom stereocenters. The summed E-state index contributed by atoms with van der Waals surface area (Å²) in [7, 11) is 1.88. The molecule has 0 fully saturated rings. The lowest BCUT2D eigenvalue weighted by Gasteiger charge is -2.09. The first-order valence-corrected chi connectivity index (χ1v) is 8.55. The van der Waals surface area contributed by atoms with Gasteiger partial charge in [0.2, 0.25) is 0 Å². The molecule has 8 heteroatoms. The molecule has 0 amide bonds. The van der Waals surface area contributed by atoms with Crippen LogP contribution in [0.2, 0.25) is 0 Å².